The van der Waals surface area contributed by atoms with Crippen LogP contribution in [0.1, 0.15) is 35.4 Å². The van der Waals surface area contributed by atoms with Crippen molar-refractivity contribution in [1.29, 1.82) is 0 Å². The molecule has 2 aromatic heterocycles. The van der Waals surface area contributed by atoms with Gasteiger partial charge in [-0.15, -0.1) is 5.10 Å². The number of imidazole rings is 1. The molecule has 154 valence electrons. The minimum absolute atomic E-state index is 0.174. The Morgan fingerprint density at radius 1 is 1.13 bits per heavy atom. The third-order valence-electron chi connectivity index (χ3n) is 5.04. The first kappa shape index (κ1) is 20.0. The Labute approximate surface area is 178 Å². The fraction of sp³-hybridized carbons (Fsp3) is 0.286. The number of hydrogen-bond acceptors (Lipinski definition) is 5. The smallest absolute Gasteiger partial charge is 0.253 e. The van der Waals surface area contributed by atoms with Crippen molar-refractivity contribution in [3.05, 3.63) is 65.2 Å². The third kappa shape index (κ3) is 4.33. The largest absolute Gasteiger partial charge is 0.352 e. The Balaban J connectivity index is 1.27. The Kier molecular flexibility index (Phi) is 6.04. The van der Waals surface area contributed by atoms with Gasteiger partial charge in [0.15, 0.2) is 0 Å². The SMILES string of the molecule is Cn1c(CCCCCNC(=O)c2ccc(Cl)cc2-n2cnnn2)nc2ccccc21. The highest BCUT2D eigenvalue weighted by molar-refractivity contribution is 6.31. The second kappa shape index (κ2) is 9.04. The van der Waals surface area contributed by atoms with Crippen LogP contribution in [0.3, 0.4) is 0 Å². The van der Waals surface area contributed by atoms with Crippen LogP contribution in [-0.4, -0.2) is 42.2 Å². The molecule has 30 heavy (non-hydrogen) atoms. The molecule has 0 radical (unpaired) electrons. The van der Waals surface area contributed by atoms with E-state index in [2.05, 4.69) is 38.5 Å². The maximum Gasteiger partial charge on any atom is 0.253 e. The van der Waals surface area contributed by atoms with Crippen molar-refractivity contribution < 1.29 is 4.79 Å². The van der Waals surface area contributed by atoms with E-state index in [1.54, 1.807) is 18.2 Å². The molecule has 9 heteroatoms. The number of unbranched alkanes of at least 4 members (excludes halogenated alkanes) is 2. The van der Waals surface area contributed by atoms with Crippen LogP contribution in [0.15, 0.2) is 48.8 Å². The molecule has 0 aliphatic carbocycles. The van der Waals surface area contributed by atoms with Crippen molar-refractivity contribution >= 4 is 28.5 Å². The summed E-state index contributed by atoms with van der Waals surface area (Å²) >= 11 is 6.07. The zero-order chi connectivity index (χ0) is 20.9. The van der Waals surface area contributed by atoms with Crippen LogP contribution >= 0.6 is 11.6 Å². The van der Waals surface area contributed by atoms with Gasteiger partial charge in [-0.25, -0.2) is 4.98 Å². The van der Waals surface area contributed by atoms with Crippen molar-refractivity contribution in [2.24, 2.45) is 7.05 Å². The summed E-state index contributed by atoms with van der Waals surface area (Å²) in [5.74, 6) is 0.917. The molecule has 0 saturated heterocycles. The Bertz CT molecular complexity index is 1150. The molecular formula is C21H22ClN7O. The number of hydrogen-bond donors (Lipinski definition) is 1. The number of halogens is 1. The molecule has 1 amide bonds. The van der Waals surface area contributed by atoms with Gasteiger partial charge in [-0.1, -0.05) is 30.2 Å². The Hall–Kier alpha value is -3.26. The molecule has 1 N–H and O–H groups in total. The summed E-state index contributed by atoms with van der Waals surface area (Å²) in [5.41, 5.74) is 3.21. The molecule has 2 heterocycles. The minimum atomic E-state index is -0.174. The van der Waals surface area contributed by atoms with Crippen molar-refractivity contribution in [1.82, 2.24) is 35.1 Å². The van der Waals surface area contributed by atoms with Crippen molar-refractivity contribution in [2.45, 2.75) is 25.7 Å². The van der Waals surface area contributed by atoms with Gasteiger partial charge in [0.1, 0.15) is 12.2 Å². The summed E-state index contributed by atoms with van der Waals surface area (Å²) in [5, 5.41) is 14.6. The van der Waals surface area contributed by atoms with Gasteiger partial charge in [0.25, 0.3) is 5.91 Å². The molecule has 0 fully saturated rings. The molecule has 0 spiro atoms. The average Bonchev–Trinajstić information content (AvgIpc) is 3.39. The maximum atomic E-state index is 12.6. The molecule has 8 nitrogen and oxygen atoms in total. The second-order valence-corrected chi connectivity index (χ2v) is 7.49. The minimum Gasteiger partial charge on any atom is -0.352 e. The fourth-order valence-corrected chi connectivity index (χ4v) is 3.63. The number of para-hydroxylation sites is 2. The molecule has 0 saturated carbocycles. The number of rotatable bonds is 8. The number of aryl methyl sites for hydroxylation is 2. The second-order valence-electron chi connectivity index (χ2n) is 7.06. The number of carbonyl (C=O) groups is 1. The highest BCUT2D eigenvalue weighted by Crippen LogP contribution is 2.19. The summed E-state index contributed by atoms with van der Waals surface area (Å²) in [7, 11) is 2.05. The number of benzene rings is 2. The maximum absolute atomic E-state index is 12.6. The van der Waals surface area contributed by atoms with E-state index in [0.29, 0.717) is 22.8 Å². The molecule has 0 aliphatic heterocycles. The van der Waals surface area contributed by atoms with Gasteiger partial charge in [-0.3, -0.25) is 4.79 Å². The molecule has 2 aromatic carbocycles. The van der Waals surface area contributed by atoms with Gasteiger partial charge in [0, 0.05) is 25.0 Å². The van der Waals surface area contributed by atoms with E-state index in [4.69, 9.17) is 16.6 Å². The molecule has 4 rings (SSSR count). The van der Waals surface area contributed by atoms with Crippen LogP contribution in [0.25, 0.3) is 16.7 Å². The molecule has 0 bridgehead atoms. The van der Waals surface area contributed by atoms with Crippen LogP contribution in [0.4, 0.5) is 0 Å². The van der Waals surface area contributed by atoms with Crippen LogP contribution in [0, 0.1) is 0 Å². The lowest BCUT2D eigenvalue weighted by atomic mass is 10.1. The van der Waals surface area contributed by atoms with Crippen molar-refractivity contribution in [2.75, 3.05) is 6.54 Å². The van der Waals surface area contributed by atoms with E-state index in [9.17, 15) is 4.79 Å². The number of amides is 1. The van der Waals surface area contributed by atoms with E-state index in [1.165, 1.54) is 11.0 Å². The van der Waals surface area contributed by atoms with Crippen LogP contribution in [0.5, 0.6) is 0 Å². The highest BCUT2D eigenvalue weighted by atomic mass is 35.5. The van der Waals surface area contributed by atoms with Gasteiger partial charge in [0.05, 0.1) is 22.3 Å². The molecule has 0 atom stereocenters. The van der Waals surface area contributed by atoms with Gasteiger partial charge >= 0.3 is 0 Å². The molecule has 0 unspecified atom stereocenters. The van der Waals surface area contributed by atoms with Crippen molar-refractivity contribution in [3.8, 4) is 5.69 Å². The van der Waals surface area contributed by atoms with Gasteiger partial charge in [0.2, 0.25) is 0 Å². The number of aromatic nitrogens is 6. The standard InChI is InChI=1S/C21H22ClN7O/c1-28-18-8-5-4-7-17(18)25-20(28)9-3-2-6-12-23-21(30)16-11-10-15(22)13-19(16)29-14-24-26-27-29/h4-5,7-8,10-11,13-14H,2-3,6,9,12H2,1H3,(H,23,30). The Morgan fingerprint density at radius 3 is 2.80 bits per heavy atom. The number of nitrogens with zero attached hydrogens (tertiary/aromatic N) is 6. The average molecular weight is 424 g/mol. The zero-order valence-corrected chi connectivity index (χ0v) is 17.4. The quantitative estimate of drug-likeness (QED) is 0.439. The topological polar surface area (TPSA) is 90.5 Å². The number of tetrazole rings is 1. The van der Waals surface area contributed by atoms with E-state index >= 15 is 0 Å². The number of nitrogens with one attached hydrogen (secondary N) is 1. The van der Waals surface area contributed by atoms with Gasteiger partial charge < -0.3 is 9.88 Å². The third-order valence-corrected chi connectivity index (χ3v) is 5.28. The predicted octanol–water partition coefficient (Wildman–Crippen LogP) is 3.35. The molecule has 0 aliphatic rings. The summed E-state index contributed by atoms with van der Waals surface area (Å²) in [6, 6.07) is 13.2. The fourth-order valence-electron chi connectivity index (χ4n) is 3.46. The van der Waals surface area contributed by atoms with E-state index in [1.807, 2.05) is 18.2 Å². The molecule has 4 aromatic rings. The first-order chi connectivity index (χ1) is 14.6. The van der Waals surface area contributed by atoms with Gasteiger partial charge in [-0.2, -0.15) is 4.68 Å². The van der Waals surface area contributed by atoms with Crippen LogP contribution < -0.4 is 5.32 Å². The molecular weight excluding hydrogens is 402 g/mol. The summed E-state index contributed by atoms with van der Waals surface area (Å²) < 4.78 is 3.58. The van der Waals surface area contributed by atoms with Gasteiger partial charge in [-0.05, 0) is 53.6 Å². The van der Waals surface area contributed by atoms with Crippen molar-refractivity contribution in [3.63, 3.8) is 0 Å². The van der Waals surface area contributed by atoms with Crippen LogP contribution in [-0.2, 0) is 13.5 Å². The van der Waals surface area contributed by atoms with E-state index in [0.717, 1.165) is 42.5 Å². The summed E-state index contributed by atoms with van der Waals surface area (Å²) in [6.45, 7) is 0.596. The predicted molar refractivity (Wildman–Crippen MR) is 115 cm³/mol. The number of fused-ring (bicyclic) bond motifs is 1. The summed E-state index contributed by atoms with van der Waals surface area (Å²) in [4.78, 5) is 17.3. The lowest BCUT2D eigenvalue weighted by Gasteiger charge is -2.10. The van der Waals surface area contributed by atoms with Crippen LogP contribution in [0.2, 0.25) is 5.02 Å². The first-order valence-corrected chi connectivity index (χ1v) is 10.2. The summed E-state index contributed by atoms with van der Waals surface area (Å²) in [6.07, 6.45) is 5.26. The first-order valence-electron chi connectivity index (χ1n) is 9.85. The zero-order valence-electron chi connectivity index (χ0n) is 16.6. The lowest BCUT2D eigenvalue weighted by molar-refractivity contribution is 0.0953. The lowest BCUT2D eigenvalue weighted by Crippen LogP contribution is -2.25. The van der Waals surface area contributed by atoms with E-state index < -0.39 is 0 Å². The number of carbonyl (C=O) groups excluding carboxylic acids is 1. The van der Waals surface area contributed by atoms with E-state index in [-0.39, 0.29) is 5.91 Å². The normalized spacial score (nSPS) is 11.1. The highest BCUT2D eigenvalue weighted by Gasteiger charge is 2.14. The Morgan fingerprint density at radius 2 is 2.00 bits per heavy atom. The monoisotopic (exact) mass is 423 g/mol.